The smallest absolute Gasteiger partial charge is 0.0103 e. The highest BCUT2D eigenvalue weighted by atomic mass is 14.1. The first-order chi connectivity index (χ1) is 13.7. The number of hydrogen-bond acceptors (Lipinski definition) is 0. The van der Waals surface area contributed by atoms with Gasteiger partial charge in [-0.1, -0.05) is 105 Å². The van der Waals surface area contributed by atoms with Crippen LogP contribution in [0.5, 0.6) is 0 Å². The second-order valence-corrected chi connectivity index (χ2v) is 6.81. The van der Waals surface area contributed by atoms with Gasteiger partial charge in [0.15, 0.2) is 0 Å². The number of hydrogen-bond donors (Lipinski definition) is 0. The molecule has 0 aromatic heterocycles. The van der Waals surface area contributed by atoms with Crippen molar-refractivity contribution >= 4 is 22.9 Å². The number of rotatable bonds is 1. The van der Waals surface area contributed by atoms with Crippen LogP contribution >= 0.6 is 0 Å². The lowest BCUT2D eigenvalue weighted by atomic mass is 9.92. The molecule has 0 heterocycles. The van der Waals surface area contributed by atoms with Crippen LogP contribution in [0, 0.1) is 17.4 Å². The van der Waals surface area contributed by atoms with Crippen molar-refractivity contribution in [1.82, 2.24) is 0 Å². The van der Waals surface area contributed by atoms with E-state index in [-0.39, 0.29) is 0 Å². The molecule has 0 fully saturated rings. The van der Waals surface area contributed by atoms with Gasteiger partial charge in [-0.05, 0) is 62.2 Å². The fourth-order valence-corrected chi connectivity index (χ4v) is 3.84. The van der Waals surface area contributed by atoms with Crippen LogP contribution < -0.4 is 10.4 Å². The Kier molecular flexibility index (Phi) is 6.11. The Morgan fingerprint density at radius 2 is 1.29 bits per heavy atom. The first kappa shape index (κ1) is 19.6. The molecular weight excluding hydrogens is 336 g/mol. The Morgan fingerprint density at radius 3 is 2.04 bits per heavy atom. The second-order valence-electron chi connectivity index (χ2n) is 6.81. The summed E-state index contributed by atoms with van der Waals surface area (Å²) in [6.07, 6.45) is 0. The summed E-state index contributed by atoms with van der Waals surface area (Å²) >= 11 is 0. The third kappa shape index (κ3) is 3.64. The normalized spacial score (nSPS) is 12.9. The van der Waals surface area contributed by atoms with Gasteiger partial charge < -0.3 is 0 Å². The molecule has 140 valence electrons. The van der Waals surface area contributed by atoms with Crippen molar-refractivity contribution in [3.8, 4) is 0 Å². The van der Waals surface area contributed by atoms with Crippen LogP contribution in [0.3, 0.4) is 0 Å². The molecule has 4 aromatic carbocycles. The minimum absolute atomic E-state index is 1.06. The molecule has 0 saturated heterocycles. The first-order valence-electron chi connectivity index (χ1n) is 10.00. The highest BCUT2D eigenvalue weighted by Crippen LogP contribution is 2.27. The van der Waals surface area contributed by atoms with Gasteiger partial charge in [-0.15, -0.1) is 0 Å². The van der Waals surface area contributed by atoms with Crippen LogP contribution in [0.15, 0.2) is 84.9 Å². The summed E-state index contributed by atoms with van der Waals surface area (Å²) in [7, 11) is 0. The highest BCUT2D eigenvalue weighted by Gasteiger charge is 2.07. The van der Waals surface area contributed by atoms with Gasteiger partial charge in [0.05, 0.1) is 0 Å². The molecule has 0 radical (unpaired) electrons. The summed E-state index contributed by atoms with van der Waals surface area (Å²) in [5.41, 5.74) is 3.94. The minimum Gasteiger partial charge on any atom is -0.0911 e. The fourth-order valence-electron chi connectivity index (χ4n) is 3.84. The van der Waals surface area contributed by atoms with E-state index < -0.39 is 0 Å². The third-order valence-corrected chi connectivity index (χ3v) is 5.15. The Bertz CT molecular complexity index is 1310. The Balaban J connectivity index is 0.00000109. The van der Waals surface area contributed by atoms with E-state index >= 15 is 0 Å². The standard InChI is InChI=1S/C26H22.C2H6/c1-18-10-4-6-12-22(18)25-15-9-8-13-23(25)20(3)26-19(2)16-17-21-11-5-7-14-24(21)26;1-2/h4-17H,1H2,2-3H3;1-2H3/b23-20+,25-22-;. The van der Waals surface area contributed by atoms with E-state index in [0.29, 0.717) is 0 Å². The average molecular weight is 365 g/mol. The number of benzene rings is 4. The van der Waals surface area contributed by atoms with Crippen LogP contribution in [-0.4, -0.2) is 0 Å². The molecule has 0 aliphatic heterocycles. The molecular formula is C28H28. The molecule has 4 aromatic rings. The van der Waals surface area contributed by atoms with Gasteiger partial charge >= 0.3 is 0 Å². The number of fused-ring (bicyclic) bond motifs is 1. The van der Waals surface area contributed by atoms with Crippen molar-refractivity contribution in [1.29, 1.82) is 0 Å². The molecule has 28 heavy (non-hydrogen) atoms. The largest absolute Gasteiger partial charge is 0.0911 e. The molecule has 0 aliphatic carbocycles. The van der Waals surface area contributed by atoms with Crippen molar-refractivity contribution < 1.29 is 0 Å². The lowest BCUT2D eigenvalue weighted by Crippen LogP contribution is -2.12. The molecule has 0 heteroatoms. The Labute approximate surface area is 167 Å². The molecule has 0 N–H and O–H groups in total. The molecule has 0 saturated carbocycles. The van der Waals surface area contributed by atoms with Crippen molar-refractivity contribution in [2.75, 3.05) is 0 Å². The van der Waals surface area contributed by atoms with E-state index in [0.717, 1.165) is 5.22 Å². The Hall–Kier alpha value is -3.12. The zero-order valence-corrected chi connectivity index (χ0v) is 17.3. The van der Waals surface area contributed by atoms with Gasteiger partial charge in [0.1, 0.15) is 0 Å². The SMILES string of the molecule is C=c1cccc/c1=c1\cccc\c1=C(\C)c1c(C)ccc2ccccc12.CC. The third-order valence-electron chi connectivity index (χ3n) is 5.15. The molecule has 0 unspecified atom stereocenters. The summed E-state index contributed by atoms with van der Waals surface area (Å²) in [4.78, 5) is 0. The van der Waals surface area contributed by atoms with Gasteiger partial charge in [-0.25, -0.2) is 0 Å². The summed E-state index contributed by atoms with van der Waals surface area (Å²) in [5, 5.41) is 7.35. The van der Waals surface area contributed by atoms with Crippen LogP contribution in [0.25, 0.3) is 22.9 Å². The quantitative estimate of drug-likeness (QED) is 0.383. The van der Waals surface area contributed by atoms with E-state index in [2.05, 4.69) is 99.3 Å². The maximum Gasteiger partial charge on any atom is -0.0103 e. The zero-order chi connectivity index (χ0) is 20.1. The topological polar surface area (TPSA) is 0 Å². The van der Waals surface area contributed by atoms with Crippen molar-refractivity contribution in [3.05, 3.63) is 117 Å². The van der Waals surface area contributed by atoms with E-state index in [4.69, 9.17) is 0 Å². The van der Waals surface area contributed by atoms with Crippen molar-refractivity contribution in [3.63, 3.8) is 0 Å². The molecule has 0 bridgehead atoms. The van der Waals surface area contributed by atoms with Crippen LogP contribution in [0.2, 0.25) is 0 Å². The van der Waals surface area contributed by atoms with Crippen molar-refractivity contribution in [2.24, 2.45) is 0 Å². The average Bonchev–Trinajstić information content (AvgIpc) is 2.75. The van der Waals surface area contributed by atoms with Crippen LogP contribution in [-0.2, 0) is 0 Å². The van der Waals surface area contributed by atoms with Gasteiger partial charge in [0.25, 0.3) is 0 Å². The van der Waals surface area contributed by atoms with Gasteiger partial charge in [0, 0.05) is 0 Å². The van der Waals surface area contributed by atoms with Crippen LogP contribution in [0.1, 0.15) is 31.9 Å². The predicted octanol–water partition coefficient (Wildman–Crippen LogP) is 6.09. The van der Waals surface area contributed by atoms with Gasteiger partial charge in [-0.3, -0.25) is 0 Å². The summed E-state index contributed by atoms with van der Waals surface area (Å²) in [6.45, 7) is 12.7. The summed E-state index contributed by atoms with van der Waals surface area (Å²) in [6, 6.07) is 30.1. The minimum atomic E-state index is 1.06. The Morgan fingerprint density at radius 1 is 0.679 bits per heavy atom. The summed E-state index contributed by atoms with van der Waals surface area (Å²) < 4.78 is 0. The maximum absolute atomic E-state index is 4.23. The fraction of sp³-hybridized carbons (Fsp3) is 0.143. The first-order valence-corrected chi connectivity index (χ1v) is 10.00. The maximum atomic E-state index is 4.23. The lowest BCUT2D eigenvalue weighted by Gasteiger charge is -2.12. The molecule has 0 atom stereocenters. The lowest BCUT2D eigenvalue weighted by molar-refractivity contribution is 1.36. The van der Waals surface area contributed by atoms with E-state index in [1.807, 2.05) is 19.9 Å². The van der Waals surface area contributed by atoms with E-state index in [1.54, 1.807) is 0 Å². The number of aryl methyl sites for hydroxylation is 1. The molecule has 4 rings (SSSR count). The second kappa shape index (κ2) is 8.71. The van der Waals surface area contributed by atoms with Crippen LogP contribution in [0.4, 0.5) is 0 Å². The molecule has 0 spiro atoms. The predicted molar refractivity (Wildman–Crippen MR) is 124 cm³/mol. The molecule has 0 amide bonds. The van der Waals surface area contributed by atoms with E-state index in [1.165, 1.54) is 43.1 Å². The van der Waals surface area contributed by atoms with E-state index in [9.17, 15) is 0 Å². The highest BCUT2D eigenvalue weighted by molar-refractivity contribution is 5.94. The monoisotopic (exact) mass is 364 g/mol. The summed E-state index contributed by atoms with van der Waals surface area (Å²) in [5.74, 6) is 0. The van der Waals surface area contributed by atoms with Gasteiger partial charge in [-0.2, -0.15) is 0 Å². The zero-order valence-electron chi connectivity index (χ0n) is 17.3. The molecule has 0 nitrogen and oxygen atoms in total. The van der Waals surface area contributed by atoms with Gasteiger partial charge in [0.2, 0.25) is 0 Å². The molecule has 0 aliphatic rings. The van der Waals surface area contributed by atoms with Crippen molar-refractivity contribution in [2.45, 2.75) is 27.7 Å².